The number of hydrogen-bond acceptors (Lipinski definition) is 4. The third-order valence-electron chi connectivity index (χ3n) is 3.43. The molecule has 0 N–H and O–H groups in total. The van der Waals surface area contributed by atoms with Gasteiger partial charge in [0.05, 0.1) is 6.20 Å². The standard InChI is InChI=1S/C12H16N4OS/c1-8-3-5-15(6-4-8)11(17)10-7-16-12(13-10)18-9(2)14-16/h7-8H,3-6H2,1-2H3. The Balaban J connectivity index is 1.81. The Morgan fingerprint density at radius 3 is 2.83 bits per heavy atom. The molecule has 0 radical (unpaired) electrons. The molecule has 0 unspecified atom stereocenters. The number of aryl methyl sites for hydroxylation is 1. The Morgan fingerprint density at radius 2 is 2.17 bits per heavy atom. The van der Waals surface area contributed by atoms with E-state index in [2.05, 4.69) is 17.0 Å². The number of carbonyl (C=O) groups is 1. The normalized spacial score (nSPS) is 17.6. The largest absolute Gasteiger partial charge is 0.337 e. The summed E-state index contributed by atoms with van der Waals surface area (Å²) in [6.45, 7) is 5.86. The first-order valence-electron chi connectivity index (χ1n) is 6.25. The molecular formula is C12H16N4OS. The van der Waals surface area contributed by atoms with Gasteiger partial charge in [-0.05, 0) is 25.7 Å². The lowest BCUT2D eigenvalue weighted by Gasteiger charge is -2.29. The number of piperidine rings is 1. The lowest BCUT2D eigenvalue weighted by Crippen LogP contribution is -2.38. The molecule has 0 spiro atoms. The second-order valence-corrected chi connectivity index (χ2v) is 6.11. The summed E-state index contributed by atoms with van der Waals surface area (Å²) in [4.78, 5) is 19.3. The highest BCUT2D eigenvalue weighted by Gasteiger charge is 2.23. The second kappa shape index (κ2) is 4.35. The molecule has 0 aliphatic carbocycles. The van der Waals surface area contributed by atoms with Crippen molar-refractivity contribution in [1.29, 1.82) is 0 Å². The van der Waals surface area contributed by atoms with Gasteiger partial charge in [-0.3, -0.25) is 4.79 Å². The zero-order chi connectivity index (χ0) is 12.7. The molecule has 0 aromatic carbocycles. The van der Waals surface area contributed by atoms with Crippen LogP contribution >= 0.6 is 11.3 Å². The van der Waals surface area contributed by atoms with E-state index in [9.17, 15) is 4.79 Å². The van der Waals surface area contributed by atoms with Gasteiger partial charge in [0.15, 0.2) is 0 Å². The summed E-state index contributed by atoms with van der Waals surface area (Å²) >= 11 is 1.51. The summed E-state index contributed by atoms with van der Waals surface area (Å²) in [5.41, 5.74) is 0.517. The highest BCUT2D eigenvalue weighted by Crippen LogP contribution is 2.19. The number of rotatable bonds is 1. The Hall–Kier alpha value is -1.43. The molecule has 3 heterocycles. The van der Waals surface area contributed by atoms with Crippen LogP contribution in [0, 0.1) is 12.8 Å². The van der Waals surface area contributed by atoms with Crippen LogP contribution in [0.4, 0.5) is 0 Å². The topological polar surface area (TPSA) is 50.5 Å². The van der Waals surface area contributed by atoms with Gasteiger partial charge in [-0.15, -0.1) is 0 Å². The van der Waals surface area contributed by atoms with Crippen molar-refractivity contribution >= 4 is 22.2 Å². The fourth-order valence-corrected chi connectivity index (χ4v) is 3.00. The van der Waals surface area contributed by atoms with Crippen LogP contribution in [0.25, 0.3) is 4.96 Å². The summed E-state index contributed by atoms with van der Waals surface area (Å²) in [5, 5.41) is 5.24. The average Bonchev–Trinajstić information content (AvgIpc) is 2.86. The Labute approximate surface area is 109 Å². The number of imidazole rings is 1. The number of hydrogen-bond donors (Lipinski definition) is 0. The van der Waals surface area contributed by atoms with Crippen molar-refractivity contribution in [3.63, 3.8) is 0 Å². The zero-order valence-electron chi connectivity index (χ0n) is 10.6. The van der Waals surface area contributed by atoms with E-state index in [-0.39, 0.29) is 5.91 Å². The van der Waals surface area contributed by atoms with Crippen molar-refractivity contribution in [1.82, 2.24) is 19.5 Å². The molecule has 0 saturated carbocycles. The van der Waals surface area contributed by atoms with Gasteiger partial charge in [0.25, 0.3) is 5.91 Å². The molecule has 3 rings (SSSR count). The minimum absolute atomic E-state index is 0.0391. The van der Waals surface area contributed by atoms with Gasteiger partial charge in [0.1, 0.15) is 10.7 Å². The third-order valence-corrected chi connectivity index (χ3v) is 4.27. The quantitative estimate of drug-likeness (QED) is 0.791. The van der Waals surface area contributed by atoms with Gasteiger partial charge >= 0.3 is 0 Å². The maximum atomic E-state index is 12.3. The minimum Gasteiger partial charge on any atom is -0.337 e. The zero-order valence-corrected chi connectivity index (χ0v) is 11.4. The average molecular weight is 264 g/mol. The van der Waals surface area contributed by atoms with E-state index in [0.717, 1.165) is 41.8 Å². The van der Waals surface area contributed by atoms with Crippen LogP contribution < -0.4 is 0 Å². The summed E-state index contributed by atoms with van der Waals surface area (Å²) in [6.07, 6.45) is 3.91. The van der Waals surface area contributed by atoms with E-state index in [4.69, 9.17) is 0 Å². The molecule has 2 aromatic rings. The summed E-state index contributed by atoms with van der Waals surface area (Å²) in [7, 11) is 0. The van der Waals surface area contributed by atoms with Crippen LogP contribution in [0.1, 0.15) is 35.3 Å². The molecule has 1 saturated heterocycles. The SMILES string of the molecule is Cc1nn2cc(C(=O)N3CCC(C)CC3)nc2s1. The Bertz CT molecular complexity index is 548. The van der Waals surface area contributed by atoms with Crippen molar-refractivity contribution in [2.45, 2.75) is 26.7 Å². The molecule has 0 atom stereocenters. The molecule has 5 nitrogen and oxygen atoms in total. The fourth-order valence-electron chi connectivity index (χ4n) is 2.28. The fraction of sp³-hybridized carbons (Fsp3) is 0.583. The maximum Gasteiger partial charge on any atom is 0.274 e. The van der Waals surface area contributed by atoms with Crippen LogP contribution in [0.2, 0.25) is 0 Å². The molecule has 6 heteroatoms. The number of nitrogens with zero attached hydrogens (tertiary/aromatic N) is 4. The van der Waals surface area contributed by atoms with Crippen LogP contribution in [-0.4, -0.2) is 38.5 Å². The van der Waals surface area contributed by atoms with Crippen LogP contribution in [0.5, 0.6) is 0 Å². The smallest absolute Gasteiger partial charge is 0.274 e. The van der Waals surface area contributed by atoms with Gasteiger partial charge in [-0.2, -0.15) is 5.10 Å². The molecule has 18 heavy (non-hydrogen) atoms. The van der Waals surface area contributed by atoms with Crippen molar-refractivity contribution in [3.8, 4) is 0 Å². The van der Waals surface area contributed by atoms with Crippen molar-refractivity contribution in [2.75, 3.05) is 13.1 Å². The summed E-state index contributed by atoms with van der Waals surface area (Å²) in [5.74, 6) is 0.765. The van der Waals surface area contributed by atoms with Gasteiger partial charge in [0.2, 0.25) is 4.96 Å². The van der Waals surface area contributed by atoms with E-state index in [0.29, 0.717) is 5.69 Å². The lowest BCUT2D eigenvalue weighted by atomic mass is 9.99. The van der Waals surface area contributed by atoms with Crippen LogP contribution in [-0.2, 0) is 0 Å². The van der Waals surface area contributed by atoms with E-state index in [1.807, 2.05) is 11.8 Å². The number of likely N-dealkylation sites (tertiary alicyclic amines) is 1. The van der Waals surface area contributed by atoms with Gasteiger partial charge < -0.3 is 4.90 Å². The monoisotopic (exact) mass is 264 g/mol. The van der Waals surface area contributed by atoms with E-state index < -0.39 is 0 Å². The molecule has 1 aliphatic heterocycles. The van der Waals surface area contributed by atoms with Gasteiger partial charge in [0, 0.05) is 13.1 Å². The van der Waals surface area contributed by atoms with Crippen LogP contribution in [0.3, 0.4) is 0 Å². The van der Waals surface area contributed by atoms with Crippen molar-refractivity contribution in [3.05, 3.63) is 16.9 Å². The predicted octanol–water partition coefficient (Wildman–Crippen LogP) is 1.97. The molecule has 2 aromatic heterocycles. The Morgan fingerprint density at radius 1 is 1.44 bits per heavy atom. The number of carbonyl (C=O) groups excluding carboxylic acids is 1. The third kappa shape index (κ3) is 2.01. The van der Waals surface area contributed by atoms with Crippen molar-refractivity contribution in [2.24, 2.45) is 5.92 Å². The number of fused-ring (bicyclic) bond motifs is 1. The van der Waals surface area contributed by atoms with E-state index in [1.54, 1.807) is 10.7 Å². The summed E-state index contributed by atoms with van der Waals surface area (Å²) in [6, 6.07) is 0. The molecule has 1 amide bonds. The molecule has 96 valence electrons. The first-order valence-corrected chi connectivity index (χ1v) is 7.07. The number of amides is 1. The second-order valence-electron chi connectivity index (χ2n) is 4.95. The van der Waals surface area contributed by atoms with Crippen LogP contribution in [0.15, 0.2) is 6.20 Å². The highest BCUT2D eigenvalue weighted by molar-refractivity contribution is 7.16. The molecule has 1 fully saturated rings. The number of aromatic nitrogens is 3. The maximum absolute atomic E-state index is 12.3. The summed E-state index contributed by atoms with van der Waals surface area (Å²) < 4.78 is 1.69. The minimum atomic E-state index is 0.0391. The van der Waals surface area contributed by atoms with Crippen molar-refractivity contribution < 1.29 is 4.79 Å². The van der Waals surface area contributed by atoms with E-state index in [1.165, 1.54) is 11.3 Å². The Kier molecular flexibility index (Phi) is 2.81. The first-order chi connectivity index (χ1) is 8.63. The first kappa shape index (κ1) is 11.6. The molecule has 1 aliphatic rings. The highest BCUT2D eigenvalue weighted by atomic mass is 32.1. The van der Waals surface area contributed by atoms with Gasteiger partial charge in [-0.1, -0.05) is 18.3 Å². The molecular weight excluding hydrogens is 248 g/mol. The van der Waals surface area contributed by atoms with E-state index >= 15 is 0 Å². The molecule has 0 bridgehead atoms. The van der Waals surface area contributed by atoms with Gasteiger partial charge in [-0.25, -0.2) is 9.50 Å². The lowest BCUT2D eigenvalue weighted by molar-refractivity contribution is 0.0692. The predicted molar refractivity (Wildman–Crippen MR) is 69.9 cm³/mol.